The number of hydrogen-bond acceptors (Lipinski definition) is 5. The summed E-state index contributed by atoms with van der Waals surface area (Å²) in [7, 11) is 2.76. The van der Waals surface area contributed by atoms with Crippen LogP contribution in [0.5, 0.6) is 0 Å². The van der Waals surface area contributed by atoms with Gasteiger partial charge >= 0.3 is 11.9 Å². The molecule has 0 rings (SSSR count). The molecule has 0 amide bonds. The molecule has 0 aromatic heterocycles. The van der Waals surface area contributed by atoms with Crippen LogP contribution >= 0.6 is 0 Å². The Bertz CT molecular complexity index is 221. The number of ether oxygens (including phenoxy) is 2. The molecule has 0 saturated heterocycles. The van der Waals surface area contributed by atoms with Gasteiger partial charge < -0.3 is 14.4 Å². The molecule has 0 aliphatic carbocycles. The molecule has 0 bridgehead atoms. The lowest BCUT2D eigenvalue weighted by atomic mass is 10.2. The van der Waals surface area contributed by atoms with Crippen molar-refractivity contribution in [1.29, 1.82) is 0 Å². The van der Waals surface area contributed by atoms with E-state index >= 15 is 0 Å². The molecule has 5 heteroatoms. The summed E-state index contributed by atoms with van der Waals surface area (Å²) in [6.07, 6.45) is 0.703. The molecule has 0 heterocycles. The summed E-state index contributed by atoms with van der Waals surface area (Å²) in [6.45, 7) is 6.28. The van der Waals surface area contributed by atoms with E-state index in [9.17, 15) is 9.59 Å². The molecule has 0 aliphatic rings. The monoisotopic (exact) mass is 245 g/mol. The van der Waals surface area contributed by atoms with Gasteiger partial charge in [-0.15, -0.1) is 0 Å². The van der Waals surface area contributed by atoms with Gasteiger partial charge in [0.1, 0.15) is 0 Å². The van der Waals surface area contributed by atoms with E-state index in [1.807, 2.05) is 0 Å². The molecule has 17 heavy (non-hydrogen) atoms. The minimum Gasteiger partial charge on any atom is -0.469 e. The van der Waals surface area contributed by atoms with E-state index in [0.717, 1.165) is 6.54 Å². The maximum Gasteiger partial charge on any atom is 0.306 e. The first-order valence-electron chi connectivity index (χ1n) is 5.85. The van der Waals surface area contributed by atoms with Crippen molar-refractivity contribution in [1.82, 2.24) is 4.90 Å². The third-order valence-electron chi connectivity index (χ3n) is 2.34. The van der Waals surface area contributed by atoms with Crippen LogP contribution in [0.3, 0.4) is 0 Å². The third-order valence-corrected chi connectivity index (χ3v) is 2.34. The summed E-state index contributed by atoms with van der Waals surface area (Å²) in [5.74, 6) is 0.0407. The van der Waals surface area contributed by atoms with Crippen molar-refractivity contribution in [3.8, 4) is 0 Å². The zero-order chi connectivity index (χ0) is 13.3. The summed E-state index contributed by atoms with van der Waals surface area (Å²) in [5.41, 5.74) is 0. The summed E-state index contributed by atoms with van der Waals surface area (Å²) in [4.78, 5) is 24.2. The Morgan fingerprint density at radius 2 is 1.41 bits per heavy atom. The van der Waals surface area contributed by atoms with Crippen molar-refractivity contribution in [2.75, 3.05) is 33.9 Å². The molecule has 100 valence electrons. The van der Waals surface area contributed by atoms with E-state index in [0.29, 0.717) is 31.8 Å². The van der Waals surface area contributed by atoms with Crippen LogP contribution in [0.2, 0.25) is 0 Å². The molecule has 0 N–H and O–H groups in total. The molecule has 0 aromatic carbocycles. The van der Waals surface area contributed by atoms with Gasteiger partial charge in [0.15, 0.2) is 0 Å². The van der Waals surface area contributed by atoms with Crippen LogP contribution < -0.4 is 0 Å². The molecule has 0 aliphatic heterocycles. The van der Waals surface area contributed by atoms with Gasteiger partial charge in [-0.05, 0) is 5.92 Å². The minimum atomic E-state index is -0.225. The number of carbonyl (C=O) groups is 2. The van der Waals surface area contributed by atoms with E-state index in [-0.39, 0.29) is 11.9 Å². The normalized spacial score (nSPS) is 10.7. The van der Waals surface area contributed by atoms with Gasteiger partial charge in [0.05, 0.1) is 27.1 Å². The second-order valence-electron chi connectivity index (χ2n) is 4.35. The molecule has 0 spiro atoms. The van der Waals surface area contributed by atoms with Gasteiger partial charge in [0, 0.05) is 19.6 Å². The van der Waals surface area contributed by atoms with Crippen LogP contribution in [0.1, 0.15) is 26.7 Å². The zero-order valence-corrected chi connectivity index (χ0v) is 11.2. The van der Waals surface area contributed by atoms with Gasteiger partial charge in [0.2, 0.25) is 0 Å². The Balaban J connectivity index is 4.04. The van der Waals surface area contributed by atoms with E-state index in [1.54, 1.807) is 0 Å². The first-order valence-corrected chi connectivity index (χ1v) is 5.85. The topological polar surface area (TPSA) is 55.8 Å². The summed E-state index contributed by atoms with van der Waals surface area (Å²) in [5, 5.41) is 0. The average Bonchev–Trinajstić information content (AvgIpc) is 2.30. The smallest absolute Gasteiger partial charge is 0.306 e. The SMILES string of the molecule is COC(=O)CCN(CCC(=O)OC)CC(C)C. The standard InChI is InChI=1S/C12H23NO4/c1-10(2)9-13(7-5-11(14)16-3)8-6-12(15)17-4/h10H,5-9H2,1-4H3. The van der Waals surface area contributed by atoms with Crippen LogP contribution in [-0.2, 0) is 19.1 Å². The molecule has 0 radical (unpaired) electrons. The van der Waals surface area contributed by atoms with Crippen molar-refractivity contribution in [3.05, 3.63) is 0 Å². The Morgan fingerprint density at radius 1 is 1.00 bits per heavy atom. The predicted molar refractivity (Wildman–Crippen MR) is 64.5 cm³/mol. The third kappa shape index (κ3) is 8.68. The van der Waals surface area contributed by atoms with Crippen molar-refractivity contribution in [2.24, 2.45) is 5.92 Å². The van der Waals surface area contributed by atoms with Gasteiger partial charge in [-0.2, -0.15) is 0 Å². The Labute approximate surface area is 103 Å². The first-order chi connectivity index (χ1) is 7.99. The highest BCUT2D eigenvalue weighted by atomic mass is 16.5. The summed E-state index contributed by atoms with van der Waals surface area (Å²) in [6, 6.07) is 0. The quantitative estimate of drug-likeness (QED) is 0.599. The number of nitrogens with zero attached hydrogens (tertiary/aromatic N) is 1. The van der Waals surface area contributed by atoms with Crippen LogP contribution in [0.15, 0.2) is 0 Å². The van der Waals surface area contributed by atoms with Crippen LogP contribution in [0, 0.1) is 5.92 Å². The van der Waals surface area contributed by atoms with Crippen molar-refractivity contribution in [3.63, 3.8) is 0 Å². The van der Waals surface area contributed by atoms with E-state index in [1.165, 1.54) is 14.2 Å². The lowest BCUT2D eigenvalue weighted by Gasteiger charge is -2.23. The minimum absolute atomic E-state index is 0.225. The number of rotatable bonds is 8. The van der Waals surface area contributed by atoms with E-state index in [4.69, 9.17) is 0 Å². The number of hydrogen-bond donors (Lipinski definition) is 0. The number of methoxy groups -OCH3 is 2. The molecule has 0 fully saturated rings. The highest BCUT2D eigenvalue weighted by molar-refractivity contribution is 5.70. The Hall–Kier alpha value is -1.10. The highest BCUT2D eigenvalue weighted by Crippen LogP contribution is 2.02. The lowest BCUT2D eigenvalue weighted by Crippen LogP contribution is -2.32. The fourth-order valence-corrected chi connectivity index (χ4v) is 1.51. The number of esters is 2. The first kappa shape index (κ1) is 15.9. The molecular weight excluding hydrogens is 222 g/mol. The van der Waals surface area contributed by atoms with Gasteiger partial charge in [-0.25, -0.2) is 0 Å². The molecule has 0 atom stereocenters. The zero-order valence-electron chi connectivity index (χ0n) is 11.2. The van der Waals surface area contributed by atoms with Crippen LogP contribution in [-0.4, -0.2) is 50.7 Å². The van der Waals surface area contributed by atoms with E-state index in [2.05, 4.69) is 28.2 Å². The fourth-order valence-electron chi connectivity index (χ4n) is 1.51. The Kier molecular flexibility index (Phi) is 8.40. The van der Waals surface area contributed by atoms with Crippen LogP contribution in [0.25, 0.3) is 0 Å². The maximum atomic E-state index is 11.1. The van der Waals surface area contributed by atoms with Gasteiger partial charge in [-0.1, -0.05) is 13.8 Å². The maximum absolute atomic E-state index is 11.1. The molecular formula is C12H23NO4. The van der Waals surface area contributed by atoms with Crippen molar-refractivity contribution in [2.45, 2.75) is 26.7 Å². The fraction of sp³-hybridized carbons (Fsp3) is 0.833. The molecule has 0 unspecified atom stereocenters. The lowest BCUT2D eigenvalue weighted by molar-refractivity contribution is -0.141. The van der Waals surface area contributed by atoms with E-state index < -0.39 is 0 Å². The highest BCUT2D eigenvalue weighted by Gasteiger charge is 2.12. The largest absolute Gasteiger partial charge is 0.469 e. The summed E-state index contributed by atoms with van der Waals surface area (Å²) < 4.78 is 9.19. The predicted octanol–water partition coefficient (Wildman–Crippen LogP) is 1.07. The van der Waals surface area contributed by atoms with Crippen LogP contribution in [0.4, 0.5) is 0 Å². The molecule has 5 nitrogen and oxygen atoms in total. The summed E-state index contributed by atoms with van der Waals surface area (Å²) >= 11 is 0. The van der Waals surface area contributed by atoms with Gasteiger partial charge in [0.25, 0.3) is 0 Å². The second-order valence-corrected chi connectivity index (χ2v) is 4.35. The molecule has 0 saturated carbocycles. The van der Waals surface area contributed by atoms with Crippen molar-refractivity contribution < 1.29 is 19.1 Å². The van der Waals surface area contributed by atoms with Gasteiger partial charge in [-0.3, -0.25) is 9.59 Å². The molecule has 0 aromatic rings. The average molecular weight is 245 g/mol. The Morgan fingerprint density at radius 3 is 1.71 bits per heavy atom. The number of carbonyl (C=O) groups excluding carboxylic acids is 2. The van der Waals surface area contributed by atoms with Crippen molar-refractivity contribution >= 4 is 11.9 Å². The second kappa shape index (κ2) is 8.98.